The molecule has 6 heteroatoms. The molecule has 134 valence electrons. The average Bonchev–Trinajstić information content (AvgIpc) is 2.58. The van der Waals surface area contributed by atoms with Gasteiger partial charge in [-0.2, -0.15) is 0 Å². The predicted octanol–water partition coefficient (Wildman–Crippen LogP) is 3.76. The molecule has 0 aliphatic carbocycles. The molecule has 0 aromatic heterocycles. The van der Waals surface area contributed by atoms with Gasteiger partial charge in [0.2, 0.25) is 5.91 Å². The zero-order valence-electron chi connectivity index (χ0n) is 14.7. The highest BCUT2D eigenvalue weighted by molar-refractivity contribution is 8.00. The first-order chi connectivity index (χ1) is 11.8. The monoisotopic (exact) mass is 377 g/mol. The summed E-state index contributed by atoms with van der Waals surface area (Å²) in [4.78, 5) is 13.6. The van der Waals surface area contributed by atoms with Crippen molar-refractivity contribution in [2.45, 2.75) is 36.1 Å². The minimum absolute atomic E-state index is 0.0374. The van der Waals surface area contributed by atoms with Crippen LogP contribution in [-0.2, 0) is 14.6 Å². The summed E-state index contributed by atoms with van der Waals surface area (Å²) >= 11 is 1.50. The second kappa shape index (κ2) is 8.54. The van der Waals surface area contributed by atoms with Gasteiger partial charge in [0.25, 0.3) is 0 Å². The van der Waals surface area contributed by atoms with E-state index in [2.05, 4.69) is 5.32 Å². The Labute approximate surface area is 154 Å². The summed E-state index contributed by atoms with van der Waals surface area (Å²) in [5.41, 5.74) is 2.10. The summed E-state index contributed by atoms with van der Waals surface area (Å²) in [6, 6.07) is 14.6. The van der Waals surface area contributed by atoms with E-state index in [4.69, 9.17) is 0 Å². The van der Waals surface area contributed by atoms with Crippen molar-refractivity contribution < 1.29 is 13.2 Å². The lowest BCUT2D eigenvalue weighted by Crippen LogP contribution is -2.29. The molecule has 0 radical (unpaired) electrons. The van der Waals surface area contributed by atoms with E-state index in [9.17, 15) is 13.2 Å². The Hall–Kier alpha value is -1.79. The lowest BCUT2D eigenvalue weighted by molar-refractivity contribution is -0.119. The maximum atomic E-state index is 12.2. The number of carbonyl (C=O) groups is 1. The molecule has 1 N–H and O–H groups in total. The van der Waals surface area contributed by atoms with Gasteiger partial charge in [0.05, 0.1) is 16.7 Å². The molecule has 2 rings (SSSR count). The largest absolute Gasteiger partial charge is 0.349 e. The Morgan fingerprint density at radius 1 is 1.08 bits per heavy atom. The molecule has 1 amide bonds. The van der Waals surface area contributed by atoms with Crippen LogP contribution in [0, 0.1) is 6.92 Å². The Balaban J connectivity index is 1.96. The Morgan fingerprint density at radius 3 is 2.20 bits per heavy atom. The molecule has 0 fully saturated rings. The molecule has 0 heterocycles. The lowest BCUT2D eigenvalue weighted by atomic mass is 10.0. The zero-order valence-corrected chi connectivity index (χ0v) is 16.3. The number of sulfone groups is 1. The first-order valence-corrected chi connectivity index (χ1v) is 11.0. The number of hydrogen-bond donors (Lipinski definition) is 1. The smallest absolute Gasteiger partial charge is 0.230 e. The summed E-state index contributed by atoms with van der Waals surface area (Å²) in [5.74, 6) is 0.311. The maximum absolute atomic E-state index is 12.2. The fourth-order valence-electron chi connectivity index (χ4n) is 2.39. The minimum Gasteiger partial charge on any atom is -0.349 e. The van der Waals surface area contributed by atoms with E-state index in [1.165, 1.54) is 23.6 Å². The van der Waals surface area contributed by atoms with Gasteiger partial charge in [0, 0.05) is 11.2 Å². The number of nitrogens with one attached hydrogen (secondary N) is 1. The molecule has 0 aliphatic heterocycles. The summed E-state index contributed by atoms with van der Waals surface area (Å²) in [5, 5.41) is 3.01. The minimum atomic E-state index is -3.21. The van der Waals surface area contributed by atoms with Gasteiger partial charge in [-0.15, -0.1) is 11.8 Å². The molecule has 0 spiro atoms. The van der Waals surface area contributed by atoms with E-state index < -0.39 is 9.84 Å². The molecular formula is C19H23NO3S2. The van der Waals surface area contributed by atoms with Crippen molar-refractivity contribution in [2.75, 3.05) is 12.0 Å². The SMILES string of the molecule is CCC(NC(=O)CSc1ccc(C)cc1)c1ccc(S(C)(=O)=O)cc1. The fraction of sp³-hybridized carbons (Fsp3) is 0.316. The number of rotatable bonds is 7. The number of hydrogen-bond acceptors (Lipinski definition) is 4. The highest BCUT2D eigenvalue weighted by atomic mass is 32.2. The number of amides is 1. The van der Waals surface area contributed by atoms with Crippen molar-refractivity contribution in [3.05, 3.63) is 59.7 Å². The standard InChI is InChI=1S/C19H23NO3S2/c1-4-18(15-7-11-17(12-8-15)25(3,22)23)20-19(21)13-24-16-9-5-14(2)6-10-16/h5-12,18H,4,13H2,1-3H3,(H,20,21). The molecule has 2 aromatic rings. The number of aryl methyl sites for hydroxylation is 1. The van der Waals surface area contributed by atoms with Crippen LogP contribution in [0.1, 0.15) is 30.5 Å². The third-order valence-corrected chi connectivity index (χ3v) is 5.99. The van der Waals surface area contributed by atoms with Gasteiger partial charge in [-0.25, -0.2) is 8.42 Å². The van der Waals surface area contributed by atoms with Crippen LogP contribution < -0.4 is 5.32 Å². The van der Waals surface area contributed by atoms with E-state index in [1.54, 1.807) is 24.3 Å². The van der Waals surface area contributed by atoms with E-state index in [1.807, 2.05) is 38.1 Å². The molecule has 0 aliphatic rings. The van der Waals surface area contributed by atoms with Crippen LogP contribution in [0.5, 0.6) is 0 Å². The zero-order chi connectivity index (χ0) is 18.4. The maximum Gasteiger partial charge on any atom is 0.230 e. The molecule has 4 nitrogen and oxygen atoms in total. The normalized spacial score (nSPS) is 12.6. The Morgan fingerprint density at radius 2 is 1.68 bits per heavy atom. The summed E-state index contributed by atoms with van der Waals surface area (Å²) in [6.07, 6.45) is 1.92. The number of benzene rings is 2. The molecule has 0 saturated carbocycles. The number of thioether (sulfide) groups is 1. The van der Waals surface area contributed by atoms with Gasteiger partial charge in [-0.3, -0.25) is 4.79 Å². The highest BCUT2D eigenvalue weighted by Crippen LogP contribution is 2.21. The van der Waals surface area contributed by atoms with Gasteiger partial charge in [0.15, 0.2) is 9.84 Å². The first-order valence-electron chi connectivity index (χ1n) is 8.08. The number of carbonyl (C=O) groups excluding carboxylic acids is 1. The van der Waals surface area contributed by atoms with Crippen LogP contribution in [-0.4, -0.2) is 26.3 Å². The van der Waals surface area contributed by atoms with Gasteiger partial charge in [-0.1, -0.05) is 36.8 Å². The third kappa shape index (κ3) is 5.90. The molecule has 25 heavy (non-hydrogen) atoms. The van der Waals surface area contributed by atoms with Crippen molar-refractivity contribution in [3.63, 3.8) is 0 Å². The summed E-state index contributed by atoms with van der Waals surface area (Å²) < 4.78 is 23.1. The van der Waals surface area contributed by atoms with Gasteiger partial charge in [0.1, 0.15) is 0 Å². The van der Waals surface area contributed by atoms with Gasteiger partial charge < -0.3 is 5.32 Å². The van der Waals surface area contributed by atoms with Crippen molar-refractivity contribution >= 4 is 27.5 Å². The van der Waals surface area contributed by atoms with Crippen LogP contribution >= 0.6 is 11.8 Å². The first kappa shape index (κ1) is 19.5. The molecule has 0 saturated heterocycles. The molecule has 1 unspecified atom stereocenters. The summed E-state index contributed by atoms with van der Waals surface area (Å²) in [7, 11) is -3.21. The fourth-order valence-corrected chi connectivity index (χ4v) is 3.73. The average molecular weight is 378 g/mol. The topological polar surface area (TPSA) is 63.2 Å². The van der Waals surface area contributed by atoms with Crippen LogP contribution in [0.2, 0.25) is 0 Å². The predicted molar refractivity (Wildman–Crippen MR) is 103 cm³/mol. The second-order valence-corrected chi connectivity index (χ2v) is 9.04. The Kier molecular flexibility index (Phi) is 6.67. The van der Waals surface area contributed by atoms with Crippen LogP contribution in [0.3, 0.4) is 0 Å². The van der Waals surface area contributed by atoms with Gasteiger partial charge in [-0.05, 0) is 43.2 Å². The molecular weight excluding hydrogens is 354 g/mol. The lowest BCUT2D eigenvalue weighted by Gasteiger charge is -2.17. The van der Waals surface area contributed by atoms with Crippen LogP contribution in [0.4, 0.5) is 0 Å². The van der Waals surface area contributed by atoms with E-state index in [-0.39, 0.29) is 16.8 Å². The van der Waals surface area contributed by atoms with Crippen LogP contribution in [0.25, 0.3) is 0 Å². The quantitative estimate of drug-likeness (QED) is 0.746. The van der Waals surface area contributed by atoms with E-state index in [0.717, 1.165) is 16.9 Å². The van der Waals surface area contributed by atoms with Crippen LogP contribution in [0.15, 0.2) is 58.3 Å². The third-order valence-electron chi connectivity index (χ3n) is 3.85. The summed E-state index contributed by atoms with van der Waals surface area (Å²) in [6.45, 7) is 4.02. The molecule has 1 atom stereocenters. The Bertz CT molecular complexity index is 813. The van der Waals surface area contributed by atoms with Crippen molar-refractivity contribution in [3.8, 4) is 0 Å². The van der Waals surface area contributed by atoms with Crippen molar-refractivity contribution in [1.29, 1.82) is 0 Å². The van der Waals surface area contributed by atoms with Crippen molar-refractivity contribution in [1.82, 2.24) is 5.32 Å². The second-order valence-electron chi connectivity index (χ2n) is 5.97. The van der Waals surface area contributed by atoms with E-state index >= 15 is 0 Å². The highest BCUT2D eigenvalue weighted by Gasteiger charge is 2.14. The molecule has 2 aromatic carbocycles. The van der Waals surface area contributed by atoms with Gasteiger partial charge >= 0.3 is 0 Å². The van der Waals surface area contributed by atoms with Crippen molar-refractivity contribution in [2.24, 2.45) is 0 Å². The molecule has 0 bridgehead atoms. The van der Waals surface area contributed by atoms with E-state index in [0.29, 0.717) is 5.75 Å².